The number of piperidine rings is 3. The molecule has 3 fully saturated rings. The van der Waals surface area contributed by atoms with Crippen molar-refractivity contribution in [3.05, 3.63) is 35.4 Å². The average molecular weight is 380 g/mol. The van der Waals surface area contributed by atoms with Gasteiger partial charge in [-0.2, -0.15) is 5.26 Å². The Kier molecular flexibility index (Phi) is 5.36. The molecule has 4 atom stereocenters. The summed E-state index contributed by atoms with van der Waals surface area (Å²) in [4.78, 5) is 29.3. The summed E-state index contributed by atoms with van der Waals surface area (Å²) in [6.45, 7) is 4.77. The second-order valence-electron chi connectivity index (χ2n) is 8.43. The van der Waals surface area contributed by atoms with Crippen LogP contribution in [0.15, 0.2) is 24.3 Å². The molecule has 3 heterocycles. The van der Waals surface area contributed by atoms with Crippen molar-refractivity contribution in [3.8, 4) is 6.07 Å². The van der Waals surface area contributed by atoms with Crippen LogP contribution in [0.4, 0.5) is 0 Å². The molecule has 0 spiro atoms. The number of carbonyl (C=O) groups excluding carboxylic acids is 2. The van der Waals surface area contributed by atoms with Crippen LogP contribution in [0.2, 0.25) is 0 Å². The number of nitrogens with zero attached hydrogens (tertiary/aromatic N) is 3. The van der Waals surface area contributed by atoms with Crippen molar-refractivity contribution >= 4 is 11.8 Å². The minimum Gasteiger partial charge on any atom is -0.355 e. The highest BCUT2D eigenvalue weighted by atomic mass is 16.2. The van der Waals surface area contributed by atoms with E-state index in [9.17, 15) is 14.9 Å². The standard InChI is InChI=1S/C22H28N4O2/c1-15(27)24-12-21-18-10-17(20-8-4-5-9-26(20)21)13-25(14-18)22(28)19-7-3-2-6-16(19)11-23/h2-3,6-7,17-18,20-21H,4-5,8-10,12-14H2,1H3,(H,24,27)/t17-,18+,20+,21+/m1/s1. The fraction of sp³-hybridized carbons (Fsp3) is 0.591. The van der Waals surface area contributed by atoms with Crippen LogP contribution in [0.3, 0.4) is 0 Å². The Hall–Kier alpha value is -2.39. The Morgan fingerprint density at radius 3 is 2.79 bits per heavy atom. The molecule has 0 aromatic heterocycles. The molecule has 0 unspecified atom stereocenters. The van der Waals surface area contributed by atoms with E-state index in [-0.39, 0.29) is 17.9 Å². The predicted octanol–water partition coefficient (Wildman–Crippen LogP) is 2.01. The van der Waals surface area contributed by atoms with Crippen LogP contribution in [-0.4, -0.2) is 59.9 Å². The first-order valence-electron chi connectivity index (χ1n) is 10.4. The Bertz CT molecular complexity index is 802. The van der Waals surface area contributed by atoms with Gasteiger partial charge in [0.25, 0.3) is 5.91 Å². The zero-order chi connectivity index (χ0) is 19.7. The lowest BCUT2D eigenvalue weighted by Crippen LogP contribution is -2.66. The van der Waals surface area contributed by atoms with E-state index >= 15 is 0 Å². The van der Waals surface area contributed by atoms with Crippen molar-refractivity contribution in [2.75, 3.05) is 26.2 Å². The number of hydrogen-bond acceptors (Lipinski definition) is 4. The highest BCUT2D eigenvalue weighted by Gasteiger charge is 2.47. The van der Waals surface area contributed by atoms with Crippen LogP contribution in [0.5, 0.6) is 0 Å². The van der Waals surface area contributed by atoms with Crippen molar-refractivity contribution in [3.63, 3.8) is 0 Å². The normalized spacial score (nSPS) is 29.5. The molecule has 4 rings (SSSR count). The van der Waals surface area contributed by atoms with Gasteiger partial charge in [0.15, 0.2) is 0 Å². The number of benzene rings is 1. The summed E-state index contributed by atoms with van der Waals surface area (Å²) >= 11 is 0. The number of nitrogens with one attached hydrogen (secondary N) is 1. The van der Waals surface area contributed by atoms with Crippen LogP contribution in [0.1, 0.15) is 48.5 Å². The van der Waals surface area contributed by atoms with Crippen LogP contribution < -0.4 is 5.32 Å². The maximum atomic E-state index is 13.2. The highest BCUT2D eigenvalue weighted by Crippen LogP contribution is 2.41. The average Bonchev–Trinajstić information content (AvgIpc) is 2.72. The van der Waals surface area contributed by atoms with E-state index in [1.807, 2.05) is 11.0 Å². The molecule has 0 radical (unpaired) electrons. The third-order valence-corrected chi connectivity index (χ3v) is 6.75. The zero-order valence-electron chi connectivity index (χ0n) is 16.4. The van der Waals surface area contributed by atoms with Gasteiger partial charge in [0.05, 0.1) is 17.2 Å². The monoisotopic (exact) mass is 380 g/mol. The van der Waals surface area contributed by atoms with Crippen molar-refractivity contribution in [2.45, 2.75) is 44.7 Å². The highest BCUT2D eigenvalue weighted by molar-refractivity contribution is 5.96. The van der Waals surface area contributed by atoms with Crippen molar-refractivity contribution in [2.24, 2.45) is 11.8 Å². The third-order valence-electron chi connectivity index (χ3n) is 6.75. The minimum absolute atomic E-state index is 0.00220. The molecule has 1 aromatic carbocycles. The van der Waals surface area contributed by atoms with Gasteiger partial charge in [-0.05, 0) is 49.8 Å². The summed E-state index contributed by atoms with van der Waals surface area (Å²) in [5.74, 6) is 0.806. The number of carbonyl (C=O) groups is 2. The minimum atomic E-state index is -0.0330. The lowest BCUT2D eigenvalue weighted by Gasteiger charge is -2.56. The van der Waals surface area contributed by atoms with E-state index in [4.69, 9.17) is 0 Å². The number of likely N-dealkylation sites (tertiary alicyclic amines) is 1. The van der Waals surface area contributed by atoms with E-state index in [1.54, 1.807) is 25.1 Å². The summed E-state index contributed by atoms with van der Waals surface area (Å²) in [7, 11) is 0. The number of nitriles is 1. The van der Waals surface area contributed by atoms with Gasteiger partial charge in [0.2, 0.25) is 5.91 Å². The van der Waals surface area contributed by atoms with Gasteiger partial charge in [-0.3, -0.25) is 14.5 Å². The molecule has 1 N–H and O–H groups in total. The van der Waals surface area contributed by atoms with Gasteiger partial charge in [-0.25, -0.2) is 0 Å². The molecule has 6 nitrogen and oxygen atoms in total. The molecule has 3 aliphatic rings. The quantitative estimate of drug-likeness (QED) is 0.870. The first kappa shape index (κ1) is 18.9. The Morgan fingerprint density at radius 2 is 2.00 bits per heavy atom. The van der Waals surface area contributed by atoms with Crippen molar-refractivity contribution in [1.29, 1.82) is 5.26 Å². The number of amides is 2. The van der Waals surface area contributed by atoms with Gasteiger partial charge < -0.3 is 10.2 Å². The molecular formula is C22H28N4O2. The lowest BCUT2D eigenvalue weighted by molar-refractivity contribution is -0.120. The van der Waals surface area contributed by atoms with Gasteiger partial charge in [0, 0.05) is 38.6 Å². The fourth-order valence-electron chi connectivity index (χ4n) is 5.54. The number of hydrogen-bond donors (Lipinski definition) is 1. The van der Waals surface area contributed by atoms with E-state index in [2.05, 4.69) is 16.3 Å². The van der Waals surface area contributed by atoms with Crippen LogP contribution in [0, 0.1) is 23.2 Å². The topological polar surface area (TPSA) is 76.4 Å². The van der Waals surface area contributed by atoms with E-state index < -0.39 is 0 Å². The fourth-order valence-corrected chi connectivity index (χ4v) is 5.54. The Morgan fingerprint density at radius 1 is 1.21 bits per heavy atom. The maximum Gasteiger partial charge on any atom is 0.255 e. The molecule has 3 aliphatic heterocycles. The van der Waals surface area contributed by atoms with Crippen LogP contribution >= 0.6 is 0 Å². The summed E-state index contributed by atoms with van der Waals surface area (Å²) in [5, 5.41) is 12.4. The summed E-state index contributed by atoms with van der Waals surface area (Å²) in [5.41, 5.74) is 0.946. The molecule has 28 heavy (non-hydrogen) atoms. The van der Waals surface area contributed by atoms with Crippen molar-refractivity contribution < 1.29 is 9.59 Å². The number of rotatable bonds is 3. The van der Waals surface area contributed by atoms with Gasteiger partial charge in [0.1, 0.15) is 0 Å². The summed E-state index contributed by atoms with van der Waals surface area (Å²) in [6.07, 6.45) is 4.74. The van der Waals surface area contributed by atoms with Crippen molar-refractivity contribution in [1.82, 2.24) is 15.1 Å². The zero-order valence-corrected chi connectivity index (χ0v) is 16.4. The maximum absolute atomic E-state index is 13.2. The molecule has 3 saturated heterocycles. The second kappa shape index (κ2) is 7.92. The largest absolute Gasteiger partial charge is 0.355 e. The van der Waals surface area contributed by atoms with Crippen LogP contribution in [-0.2, 0) is 4.79 Å². The Balaban J connectivity index is 1.58. The number of fused-ring (bicyclic) bond motifs is 4. The molecule has 2 amide bonds. The van der Waals surface area contributed by atoms with Gasteiger partial charge in [-0.1, -0.05) is 18.6 Å². The molecule has 1 aromatic rings. The second-order valence-corrected chi connectivity index (χ2v) is 8.43. The molecule has 0 saturated carbocycles. The molecule has 2 bridgehead atoms. The van der Waals surface area contributed by atoms with Crippen LogP contribution in [0.25, 0.3) is 0 Å². The smallest absolute Gasteiger partial charge is 0.255 e. The lowest BCUT2D eigenvalue weighted by atomic mass is 9.72. The van der Waals surface area contributed by atoms with E-state index in [0.29, 0.717) is 42.1 Å². The van der Waals surface area contributed by atoms with Gasteiger partial charge >= 0.3 is 0 Å². The first-order chi connectivity index (χ1) is 13.6. The van der Waals surface area contributed by atoms with E-state index in [0.717, 1.165) is 19.5 Å². The van der Waals surface area contributed by atoms with Gasteiger partial charge in [-0.15, -0.1) is 0 Å². The Labute approximate surface area is 166 Å². The SMILES string of the molecule is CC(=O)NC[C@H]1[C@H]2C[C@H](CN(C(=O)c3ccccc3C#N)C2)[C@@H]2CCCCN21. The predicted molar refractivity (Wildman–Crippen MR) is 105 cm³/mol. The van der Waals surface area contributed by atoms with E-state index in [1.165, 1.54) is 19.3 Å². The molecule has 0 aliphatic carbocycles. The summed E-state index contributed by atoms with van der Waals surface area (Å²) in [6, 6.07) is 10.0. The third kappa shape index (κ3) is 3.51. The molecule has 148 valence electrons. The summed E-state index contributed by atoms with van der Waals surface area (Å²) < 4.78 is 0. The molecular weight excluding hydrogens is 352 g/mol. The first-order valence-corrected chi connectivity index (χ1v) is 10.4. The molecule has 6 heteroatoms.